The molecule has 1 saturated heterocycles. The van der Waals surface area contributed by atoms with Crippen molar-refractivity contribution in [3.63, 3.8) is 0 Å². The van der Waals surface area contributed by atoms with Gasteiger partial charge in [0.25, 0.3) is 0 Å². The number of carbonyl (C=O) groups is 2. The van der Waals surface area contributed by atoms with Gasteiger partial charge in [0, 0.05) is 31.6 Å². The molecule has 1 aliphatic heterocycles. The van der Waals surface area contributed by atoms with Crippen molar-refractivity contribution in [2.75, 3.05) is 13.1 Å². The highest BCUT2D eigenvalue weighted by atomic mass is 16.4. The van der Waals surface area contributed by atoms with Crippen molar-refractivity contribution in [1.82, 2.24) is 9.88 Å². The number of carboxylic acid groups (broad SMARTS) is 1. The molecular weight excluding hydrogens is 244 g/mol. The number of carbonyl (C=O) groups excluding carboxylic acids is 1. The molecule has 0 saturated carbocycles. The Morgan fingerprint density at radius 1 is 1.53 bits per heavy atom. The summed E-state index contributed by atoms with van der Waals surface area (Å²) < 4.78 is 0. The van der Waals surface area contributed by atoms with E-state index in [0.29, 0.717) is 13.0 Å². The zero-order valence-corrected chi connectivity index (χ0v) is 10.7. The summed E-state index contributed by atoms with van der Waals surface area (Å²) >= 11 is 0. The molecule has 2 rings (SSSR count). The molecule has 1 atom stereocenters. The van der Waals surface area contributed by atoms with Gasteiger partial charge in [-0.2, -0.15) is 0 Å². The fourth-order valence-corrected chi connectivity index (χ4v) is 2.07. The van der Waals surface area contributed by atoms with E-state index < -0.39 is 11.4 Å². The van der Waals surface area contributed by atoms with Gasteiger partial charge in [0.1, 0.15) is 0 Å². The SMILES string of the molecule is CC1(C(=O)O)CCN(C(=O)/C=C/c2cccnc2)C1. The van der Waals surface area contributed by atoms with Gasteiger partial charge in [-0.3, -0.25) is 14.6 Å². The molecule has 19 heavy (non-hydrogen) atoms. The van der Waals surface area contributed by atoms with E-state index in [9.17, 15) is 9.59 Å². The Hall–Kier alpha value is -2.17. The number of aromatic nitrogens is 1. The van der Waals surface area contributed by atoms with Gasteiger partial charge in [-0.25, -0.2) is 0 Å². The minimum Gasteiger partial charge on any atom is -0.481 e. The van der Waals surface area contributed by atoms with Crippen LogP contribution < -0.4 is 0 Å². The molecule has 1 aromatic heterocycles. The number of amides is 1. The fraction of sp³-hybridized carbons (Fsp3) is 0.357. The Morgan fingerprint density at radius 2 is 2.32 bits per heavy atom. The Kier molecular flexibility index (Phi) is 3.64. The number of carboxylic acids is 1. The Labute approximate surface area is 111 Å². The summed E-state index contributed by atoms with van der Waals surface area (Å²) in [7, 11) is 0. The van der Waals surface area contributed by atoms with Crippen molar-refractivity contribution in [1.29, 1.82) is 0 Å². The van der Waals surface area contributed by atoms with E-state index in [1.54, 1.807) is 36.4 Å². The van der Waals surface area contributed by atoms with Crippen molar-refractivity contribution < 1.29 is 14.7 Å². The number of hydrogen-bond acceptors (Lipinski definition) is 3. The van der Waals surface area contributed by atoms with Gasteiger partial charge in [0.2, 0.25) is 5.91 Å². The van der Waals surface area contributed by atoms with Crippen LogP contribution in [0.25, 0.3) is 6.08 Å². The van der Waals surface area contributed by atoms with Crippen LogP contribution in [-0.4, -0.2) is 40.0 Å². The molecule has 1 fully saturated rings. The average molecular weight is 260 g/mol. The second-order valence-electron chi connectivity index (χ2n) is 5.00. The average Bonchev–Trinajstić information content (AvgIpc) is 2.81. The zero-order valence-electron chi connectivity index (χ0n) is 10.7. The molecule has 1 amide bonds. The monoisotopic (exact) mass is 260 g/mol. The highest BCUT2D eigenvalue weighted by Gasteiger charge is 2.41. The summed E-state index contributed by atoms with van der Waals surface area (Å²) in [6, 6.07) is 3.64. The lowest BCUT2D eigenvalue weighted by Gasteiger charge is -2.18. The first-order valence-corrected chi connectivity index (χ1v) is 6.12. The summed E-state index contributed by atoms with van der Waals surface area (Å²) in [5.41, 5.74) is 0.0219. The molecule has 100 valence electrons. The Morgan fingerprint density at radius 3 is 2.89 bits per heavy atom. The zero-order chi connectivity index (χ0) is 13.9. The predicted molar refractivity (Wildman–Crippen MR) is 70.2 cm³/mol. The van der Waals surface area contributed by atoms with Crippen LogP contribution in [0, 0.1) is 5.41 Å². The van der Waals surface area contributed by atoms with Crippen LogP contribution in [-0.2, 0) is 9.59 Å². The largest absolute Gasteiger partial charge is 0.481 e. The van der Waals surface area contributed by atoms with Gasteiger partial charge >= 0.3 is 5.97 Å². The second kappa shape index (κ2) is 5.22. The van der Waals surface area contributed by atoms with Crippen molar-refractivity contribution in [2.45, 2.75) is 13.3 Å². The van der Waals surface area contributed by atoms with Gasteiger partial charge in [-0.05, 0) is 31.1 Å². The van der Waals surface area contributed by atoms with Crippen LogP contribution >= 0.6 is 0 Å². The normalized spacial score (nSPS) is 22.9. The standard InChI is InChI=1S/C14H16N2O3/c1-14(13(18)19)6-8-16(10-14)12(17)5-4-11-3-2-7-15-9-11/h2-5,7,9H,6,8,10H2,1H3,(H,18,19)/b5-4+. The van der Waals surface area contributed by atoms with Crippen molar-refractivity contribution >= 4 is 18.0 Å². The number of nitrogens with zero attached hydrogens (tertiary/aromatic N) is 2. The molecule has 0 aliphatic carbocycles. The number of rotatable bonds is 3. The van der Waals surface area contributed by atoms with Crippen LogP contribution in [0.15, 0.2) is 30.6 Å². The molecule has 1 aromatic rings. The molecular formula is C14H16N2O3. The number of aliphatic carboxylic acids is 1. The third kappa shape index (κ3) is 2.99. The number of pyridine rings is 1. The fourth-order valence-electron chi connectivity index (χ4n) is 2.07. The van der Waals surface area contributed by atoms with Crippen LogP contribution in [0.2, 0.25) is 0 Å². The molecule has 1 aliphatic rings. The summed E-state index contributed by atoms with van der Waals surface area (Å²) in [4.78, 5) is 28.6. The minimum atomic E-state index is -0.848. The summed E-state index contributed by atoms with van der Waals surface area (Å²) in [5, 5.41) is 9.12. The summed E-state index contributed by atoms with van der Waals surface area (Å²) in [5.74, 6) is -1.01. The third-order valence-electron chi connectivity index (χ3n) is 3.40. The lowest BCUT2D eigenvalue weighted by atomic mass is 9.90. The number of hydrogen-bond donors (Lipinski definition) is 1. The summed E-state index contributed by atoms with van der Waals surface area (Å²) in [6.45, 7) is 2.42. The van der Waals surface area contributed by atoms with E-state index in [0.717, 1.165) is 5.56 Å². The van der Waals surface area contributed by atoms with E-state index in [1.165, 1.54) is 6.08 Å². The highest BCUT2D eigenvalue weighted by Crippen LogP contribution is 2.30. The van der Waals surface area contributed by atoms with Gasteiger partial charge in [0.15, 0.2) is 0 Å². The lowest BCUT2D eigenvalue weighted by molar-refractivity contribution is -0.147. The topological polar surface area (TPSA) is 70.5 Å². The van der Waals surface area contributed by atoms with Crippen molar-refractivity contribution in [2.24, 2.45) is 5.41 Å². The molecule has 0 bridgehead atoms. The molecule has 5 nitrogen and oxygen atoms in total. The van der Waals surface area contributed by atoms with E-state index in [1.807, 2.05) is 6.07 Å². The Balaban J connectivity index is 1.99. The maximum Gasteiger partial charge on any atom is 0.311 e. The molecule has 0 aromatic carbocycles. The Bertz CT molecular complexity index is 513. The minimum absolute atomic E-state index is 0.158. The second-order valence-corrected chi connectivity index (χ2v) is 5.00. The van der Waals surface area contributed by atoms with E-state index in [-0.39, 0.29) is 12.5 Å². The smallest absolute Gasteiger partial charge is 0.311 e. The number of likely N-dealkylation sites (tertiary alicyclic amines) is 1. The third-order valence-corrected chi connectivity index (χ3v) is 3.40. The lowest BCUT2D eigenvalue weighted by Crippen LogP contribution is -2.34. The van der Waals surface area contributed by atoms with Crippen molar-refractivity contribution in [3.05, 3.63) is 36.2 Å². The molecule has 0 radical (unpaired) electrons. The summed E-state index contributed by atoms with van der Waals surface area (Å²) in [6.07, 6.45) is 6.97. The van der Waals surface area contributed by atoms with Gasteiger partial charge < -0.3 is 10.0 Å². The molecule has 2 heterocycles. The van der Waals surface area contributed by atoms with E-state index in [2.05, 4.69) is 4.98 Å². The van der Waals surface area contributed by atoms with Crippen LogP contribution in [0.5, 0.6) is 0 Å². The highest BCUT2D eigenvalue weighted by molar-refractivity contribution is 5.92. The maximum absolute atomic E-state index is 12.0. The van der Waals surface area contributed by atoms with Gasteiger partial charge in [0.05, 0.1) is 5.41 Å². The van der Waals surface area contributed by atoms with Gasteiger partial charge in [-0.1, -0.05) is 6.07 Å². The van der Waals surface area contributed by atoms with E-state index in [4.69, 9.17) is 5.11 Å². The first kappa shape index (κ1) is 13.3. The quantitative estimate of drug-likeness (QED) is 0.834. The molecule has 5 heteroatoms. The van der Waals surface area contributed by atoms with Crippen LogP contribution in [0.3, 0.4) is 0 Å². The molecule has 1 N–H and O–H groups in total. The van der Waals surface area contributed by atoms with Crippen LogP contribution in [0.1, 0.15) is 18.9 Å². The molecule has 0 spiro atoms. The first-order valence-electron chi connectivity index (χ1n) is 6.12. The first-order chi connectivity index (χ1) is 9.01. The van der Waals surface area contributed by atoms with Gasteiger partial charge in [-0.15, -0.1) is 0 Å². The molecule has 1 unspecified atom stereocenters. The van der Waals surface area contributed by atoms with Crippen molar-refractivity contribution in [3.8, 4) is 0 Å². The van der Waals surface area contributed by atoms with E-state index >= 15 is 0 Å². The predicted octanol–water partition coefficient (Wildman–Crippen LogP) is 1.42. The van der Waals surface area contributed by atoms with Crippen LogP contribution in [0.4, 0.5) is 0 Å². The maximum atomic E-state index is 12.0.